The lowest BCUT2D eigenvalue weighted by molar-refractivity contribution is 0.491. The van der Waals surface area contributed by atoms with Crippen LogP contribution in [0, 0.1) is 13.8 Å². The Labute approximate surface area is 126 Å². The van der Waals surface area contributed by atoms with Gasteiger partial charge >= 0.3 is 0 Å². The fourth-order valence-electron chi connectivity index (χ4n) is 2.72. The highest BCUT2D eigenvalue weighted by Crippen LogP contribution is 2.24. The zero-order valence-electron chi connectivity index (χ0n) is 12.7. The Morgan fingerprint density at radius 2 is 1.70 bits per heavy atom. The largest absolute Gasteiger partial charge is 0.304 e. The van der Waals surface area contributed by atoms with Crippen LogP contribution in [-0.4, -0.2) is 9.78 Å². The van der Waals surface area contributed by atoms with E-state index in [2.05, 4.69) is 50.2 Å². The minimum Gasteiger partial charge on any atom is -0.304 e. The van der Waals surface area contributed by atoms with Gasteiger partial charge < -0.3 is 5.32 Å². The molecule has 0 saturated heterocycles. The monoisotopic (exact) mass is 291 g/mol. The van der Waals surface area contributed by atoms with Crippen LogP contribution in [0.1, 0.15) is 48.4 Å². The summed E-state index contributed by atoms with van der Waals surface area (Å²) >= 11 is 5.93. The first kappa shape index (κ1) is 15.1. The van der Waals surface area contributed by atoms with Crippen LogP contribution >= 0.6 is 11.6 Å². The number of halogens is 1. The van der Waals surface area contributed by atoms with Crippen LogP contribution in [0.2, 0.25) is 5.02 Å². The summed E-state index contributed by atoms with van der Waals surface area (Å²) in [6.07, 6.45) is 0. The van der Waals surface area contributed by atoms with E-state index in [1.807, 2.05) is 23.9 Å². The number of hydrogen-bond donors (Lipinski definition) is 1. The maximum Gasteiger partial charge on any atom is 0.0644 e. The molecule has 0 saturated carbocycles. The standard InChI is InChI=1S/C16H22ClN3/c1-10(14-6-8-15(17)9-7-14)18-11(2)16-12(3)19-20(5)13(16)4/h6-11,18H,1-5H3/t10-,11?/m1/s1. The van der Waals surface area contributed by atoms with Crippen molar-refractivity contribution >= 4 is 11.6 Å². The van der Waals surface area contributed by atoms with Crippen molar-refractivity contribution in [3.05, 3.63) is 51.8 Å². The fraction of sp³-hybridized carbons (Fsp3) is 0.438. The van der Waals surface area contributed by atoms with E-state index in [4.69, 9.17) is 11.6 Å². The first-order valence-electron chi connectivity index (χ1n) is 6.91. The van der Waals surface area contributed by atoms with E-state index in [0.717, 1.165) is 10.7 Å². The summed E-state index contributed by atoms with van der Waals surface area (Å²) in [6.45, 7) is 8.53. The second-order valence-electron chi connectivity index (χ2n) is 5.37. The molecular weight excluding hydrogens is 270 g/mol. The van der Waals surface area contributed by atoms with E-state index in [1.165, 1.54) is 16.8 Å². The van der Waals surface area contributed by atoms with Gasteiger partial charge in [0, 0.05) is 35.4 Å². The number of aryl methyl sites for hydroxylation is 2. The van der Waals surface area contributed by atoms with E-state index in [0.29, 0.717) is 0 Å². The molecule has 2 rings (SSSR count). The second kappa shape index (κ2) is 5.98. The van der Waals surface area contributed by atoms with Gasteiger partial charge in [0.25, 0.3) is 0 Å². The number of benzene rings is 1. The molecule has 0 radical (unpaired) electrons. The third-order valence-corrected chi connectivity index (χ3v) is 4.12. The molecule has 20 heavy (non-hydrogen) atoms. The van der Waals surface area contributed by atoms with Crippen molar-refractivity contribution in [3.8, 4) is 0 Å². The van der Waals surface area contributed by atoms with Gasteiger partial charge in [0.15, 0.2) is 0 Å². The van der Waals surface area contributed by atoms with Crippen LogP contribution in [0.5, 0.6) is 0 Å². The summed E-state index contributed by atoms with van der Waals surface area (Å²) < 4.78 is 1.94. The maximum atomic E-state index is 5.93. The highest BCUT2D eigenvalue weighted by Gasteiger charge is 2.18. The number of aromatic nitrogens is 2. The Morgan fingerprint density at radius 3 is 2.20 bits per heavy atom. The van der Waals surface area contributed by atoms with Crippen LogP contribution in [0.3, 0.4) is 0 Å². The lowest BCUT2D eigenvalue weighted by Crippen LogP contribution is -2.23. The first-order chi connectivity index (χ1) is 9.40. The van der Waals surface area contributed by atoms with E-state index in [9.17, 15) is 0 Å². The Kier molecular flexibility index (Phi) is 4.51. The van der Waals surface area contributed by atoms with E-state index in [-0.39, 0.29) is 12.1 Å². The van der Waals surface area contributed by atoms with Gasteiger partial charge in [0.2, 0.25) is 0 Å². The number of nitrogens with zero attached hydrogens (tertiary/aromatic N) is 2. The first-order valence-corrected chi connectivity index (χ1v) is 7.29. The molecule has 1 aromatic heterocycles. The molecule has 0 fully saturated rings. The van der Waals surface area contributed by atoms with E-state index >= 15 is 0 Å². The molecule has 1 unspecified atom stereocenters. The lowest BCUT2D eigenvalue weighted by Gasteiger charge is -2.21. The van der Waals surface area contributed by atoms with Crippen molar-refractivity contribution in [2.45, 2.75) is 39.8 Å². The van der Waals surface area contributed by atoms with Crippen molar-refractivity contribution in [1.82, 2.24) is 15.1 Å². The predicted molar refractivity (Wildman–Crippen MR) is 84.1 cm³/mol. The molecule has 3 nitrogen and oxygen atoms in total. The van der Waals surface area contributed by atoms with Crippen LogP contribution in [0.15, 0.2) is 24.3 Å². The zero-order chi connectivity index (χ0) is 14.9. The molecule has 0 aliphatic carbocycles. The summed E-state index contributed by atoms with van der Waals surface area (Å²) in [6, 6.07) is 8.52. The predicted octanol–water partition coefficient (Wildman–Crippen LogP) is 4.10. The molecule has 0 aliphatic heterocycles. The van der Waals surface area contributed by atoms with E-state index < -0.39 is 0 Å². The normalized spacial score (nSPS) is 14.3. The summed E-state index contributed by atoms with van der Waals surface area (Å²) in [7, 11) is 1.99. The molecule has 1 heterocycles. The Hall–Kier alpha value is -1.32. The van der Waals surface area contributed by atoms with Gasteiger partial charge in [0.1, 0.15) is 0 Å². The van der Waals surface area contributed by atoms with Gasteiger partial charge in [-0.25, -0.2) is 0 Å². The zero-order valence-corrected chi connectivity index (χ0v) is 13.5. The van der Waals surface area contributed by atoms with Gasteiger partial charge in [-0.15, -0.1) is 0 Å². The van der Waals surface area contributed by atoms with Crippen LogP contribution in [0.4, 0.5) is 0 Å². The molecule has 0 amide bonds. The molecule has 108 valence electrons. The van der Waals surface area contributed by atoms with Crippen molar-refractivity contribution < 1.29 is 0 Å². The quantitative estimate of drug-likeness (QED) is 0.919. The third-order valence-electron chi connectivity index (χ3n) is 3.87. The van der Waals surface area contributed by atoms with Crippen LogP contribution < -0.4 is 5.32 Å². The average molecular weight is 292 g/mol. The van der Waals surface area contributed by atoms with Gasteiger partial charge in [-0.3, -0.25) is 4.68 Å². The molecule has 0 spiro atoms. The number of rotatable bonds is 4. The van der Waals surface area contributed by atoms with Gasteiger partial charge in [0.05, 0.1) is 5.69 Å². The molecule has 0 aliphatic rings. The lowest BCUT2D eigenvalue weighted by atomic mass is 10.0. The summed E-state index contributed by atoms with van der Waals surface area (Å²) in [5, 5.41) is 8.88. The Morgan fingerprint density at radius 1 is 1.10 bits per heavy atom. The average Bonchev–Trinajstić information content (AvgIpc) is 2.63. The smallest absolute Gasteiger partial charge is 0.0644 e. The van der Waals surface area contributed by atoms with Crippen LogP contribution in [0.25, 0.3) is 0 Å². The molecule has 1 aromatic carbocycles. The minimum atomic E-state index is 0.259. The minimum absolute atomic E-state index is 0.259. The topological polar surface area (TPSA) is 29.9 Å². The number of nitrogens with one attached hydrogen (secondary N) is 1. The summed E-state index contributed by atoms with van der Waals surface area (Å²) in [4.78, 5) is 0. The highest BCUT2D eigenvalue weighted by atomic mass is 35.5. The second-order valence-corrected chi connectivity index (χ2v) is 5.81. The maximum absolute atomic E-state index is 5.93. The molecule has 4 heteroatoms. The fourth-order valence-corrected chi connectivity index (χ4v) is 2.85. The molecule has 1 N–H and O–H groups in total. The molecule has 0 bridgehead atoms. The van der Waals surface area contributed by atoms with Crippen molar-refractivity contribution in [2.24, 2.45) is 7.05 Å². The third kappa shape index (κ3) is 3.05. The Balaban J connectivity index is 2.14. The molecular formula is C16H22ClN3. The van der Waals surface area contributed by atoms with Crippen molar-refractivity contribution in [2.75, 3.05) is 0 Å². The number of hydrogen-bond acceptors (Lipinski definition) is 2. The van der Waals surface area contributed by atoms with Gasteiger partial charge in [-0.2, -0.15) is 5.10 Å². The molecule has 2 aromatic rings. The van der Waals surface area contributed by atoms with Gasteiger partial charge in [-0.1, -0.05) is 23.7 Å². The van der Waals surface area contributed by atoms with E-state index in [1.54, 1.807) is 0 Å². The van der Waals surface area contributed by atoms with Crippen LogP contribution in [-0.2, 0) is 7.05 Å². The Bertz CT molecular complexity index is 587. The SMILES string of the molecule is Cc1nn(C)c(C)c1C(C)N[C@H](C)c1ccc(Cl)cc1. The van der Waals surface area contributed by atoms with Gasteiger partial charge in [-0.05, 0) is 45.4 Å². The van der Waals surface area contributed by atoms with Crippen molar-refractivity contribution in [3.63, 3.8) is 0 Å². The summed E-state index contributed by atoms with van der Waals surface area (Å²) in [5.41, 5.74) is 4.83. The molecule has 2 atom stereocenters. The summed E-state index contributed by atoms with van der Waals surface area (Å²) in [5.74, 6) is 0. The van der Waals surface area contributed by atoms with Crippen molar-refractivity contribution in [1.29, 1.82) is 0 Å². The highest BCUT2D eigenvalue weighted by molar-refractivity contribution is 6.30.